The fraction of sp³-hybridized carbons (Fsp3) is 0.933. The van der Waals surface area contributed by atoms with Crippen molar-refractivity contribution >= 4 is 6.09 Å². The summed E-state index contributed by atoms with van der Waals surface area (Å²) >= 11 is 0. The second-order valence-electron chi connectivity index (χ2n) is 6.57. The van der Waals surface area contributed by atoms with Crippen molar-refractivity contribution in [3.63, 3.8) is 0 Å². The summed E-state index contributed by atoms with van der Waals surface area (Å²) in [5.74, 6) is 0.0154. The maximum atomic E-state index is 12.3. The predicted molar refractivity (Wildman–Crippen MR) is 79.2 cm³/mol. The van der Waals surface area contributed by atoms with Crippen LogP contribution in [0.25, 0.3) is 0 Å². The Hall–Kier alpha value is -0.850. The molecule has 6 nitrogen and oxygen atoms in total. The summed E-state index contributed by atoms with van der Waals surface area (Å²) in [6.45, 7) is 9.26. The number of nitrogens with zero attached hydrogens (tertiary/aromatic N) is 1. The summed E-state index contributed by atoms with van der Waals surface area (Å²) in [4.78, 5) is 13.9. The first-order valence-electron chi connectivity index (χ1n) is 7.50. The van der Waals surface area contributed by atoms with Gasteiger partial charge >= 0.3 is 6.09 Å². The van der Waals surface area contributed by atoms with E-state index in [0.717, 1.165) is 6.42 Å². The summed E-state index contributed by atoms with van der Waals surface area (Å²) < 4.78 is 15.9. The number of methoxy groups -OCH3 is 1. The SMILES string of the molecule is COCCC(C)C(O)C1COCCN1C(=O)OC(C)(C)C. The maximum absolute atomic E-state index is 12.3. The smallest absolute Gasteiger partial charge is 0.410 e. The number of aliphatic hydroxyl groups is 1. The highest BCUT2D eigenvalue weighted by Gasteiger charge is 2.37. The van der Waals surface area contributed by atoms with E-state index in [-0.39, 0.29) is 12.0 Å². The van der Waals surface area contributed by atoms with E-state index in [0.29, 0.717) is 26.4 Å². The Balaban J connectivity index is 2.70. The van der Waals surface area contributed by atoms with E-state index in [1.807, 2.05) is 27.7 Å². The molecular weight excluding hydrogens is 274 g/mol. The van der Waals surface area contributed by atoms with Crippen molar-refractivity contribution in [2.75, 3.05) is 33.5 Å². The van der Waals surface area contributed by atoms with Crippen LogP contribution in [0.2, 0.25) is 0 Å². The van der Waals surface area contributed by atoms with Crippen molar-refractivity contribution in [1.82, 2.24) is 4.90 Å². The fourth-order valence-corrected chi connectivity index (χ4v) is 2.31. The Morgan fingerprint density at radius 3 is 2.71 bits per heavy atom. The summed E-state index contributed by atoms with van der Waals surface area (Å²) in [5, 5.41) is 10.5. The number of aliphatic hydroxyl groups excluding tert-OH is 1. The lowest BCUT2D eigenvalue weighted by molar-refractivity contribution is -0.0796. The topological polar surface area (TPSA) is 68.2 Å². The minimum Gasteiger partial charge on any atom is -0.444 e. The lowest BCUT2D eigenvalue weighted by Gasteiger charge is -2.40. The number of amides is 1. The van der Waals surface area contributed by atoms with Crippen LogP contribution in [0.5, 0.6) is 0 Å². The van der Waals surface area contributed by atoms with E-state index >= 15 is 0 Å². The molecule has 0 bridgehead atoms. The Morgan fingerprint density at radius 1 is 1.48 bits per heavy atom. The molecule has 1 aliphatic rings. The van der Waals surface area contributed by atoms with Gasteiger partial charge in [-0.1, -0.05) is 6.92 Å². The summed E-state index contributed by atoms with van der Waals surface area (Å²) in [7, 11) is 1.63. The van der Waals surface area contributed by atoms with Gasteiger partial charge in [0.05, 0.1) is 25.4 Å². The van der Waals surface area contributed by atoms with E-state index in [1.54, 1.807) is 12.0 Å². The van der Waals surface area contributed by atoms with Crippen LogP contribution in [0.3, 0.4) is 0 Å². The van der Waals surface area contributed by atoms with Gasteiger partial charge in [0.25, 0.3) is 0 Å². The first-order chi connectivity index (χ1) is 9.76. The monoisotopic (exact) mass is 303 g/mol. The van der Waals surface area contributed by atoms with Crippen LogP contribution in [-0.2, 0) is 14.2 Å². The summed E-state index contributed by atoms with van der Waals surface area (Å²) in [6, 6.07) is -0.375. The minimum atomic E-state index is -0.659. The van der Waals surface area contributed by atoms with E-state index in [9.17, 15) is 9.90 Å². The summed E-state index contributed by atoms with van der Waals surface area (Å²) in [5.41, 5.74) is -0.549. The Bertz CT molecular complexity index is 329. The molecule has 0 spiro atoms. The molecule has 3 unspecified atom stereocenters. The van der Waals surface area contributed by atoms with Gasteiger partial charge in [-0.2, -0.15) is 0 Å². The van der Waals surface area contributed by atoms with Crippen LogP contribution in [0.15, 0.2) is 0 Å². The molecule has 0 aromatic carbocycles. The van der Waals surface area contributed by atoms with E-state index in [1.165, 1.54) is 0 Å². The molecule has 1 aliphatic heterocycles. The molecule has 0 aromatic rings. The molecule has 1 heterocycles. The predicted octanol–water partition coefficient (Wildman–Crippen LogP) is 1.66. The number of carbonyl (C=O) groups excluding carboxylic acids is 1. The van der Waals surface area contributed by atoms with Gasteiger partial charge in [-0.3, -0.25) is 4.90 Å². The molecule has 124 valence electrons. The van der Waals surface area contributed by atoms with Crippen molar-refractivity contribution in [2.45, 2.75) is 51.9 Å². The third-order valence-corrected chi connectivity index (χ3v) is 3.55. The molecule has 1 rings (SSSR count). The number of ether oxygens (including phenoxy) is 3. The van der Waals surface area contributed by atoms with Gasteiger partial charge in [0.2, 0.25) is 0 Å². The molecule has 0 radical (unpaired) electrons. The second kappa shape index (κ2) is 7.96. The van der Waals surface area contributed by atoms with Crippen LogP contribution in [-0.4, -0.2) is 67.3 Å². The van der Waals surface area contributed by atoms with Crippen LogP contribution in [0, 0.1) is 5.92 Å². The third-order valence-electron chi connectivity index (χ3n) is 3.55. The zero-order chi connectivity index (χ0) is 16.0. The highest BCUT2D eigenvalue weighted by molar-refractivity contribution is 5.68. The lowest BCUT2D eigenvalue weighted by atomic mass is 9.94. The standard InChI is InChI=1S/C15H29NO5/c1-11(6-8-19-5)13(17)12-10-20-9-7-16(12)14(18)21-15(2,3)4/h11-13,17H,6-10H2,1-5H3. The van der Waals surface area contributed by atoms with E-state index in [2.05, 4.69) is 0 Å². The van der Waals surface area contributed by atoms with Gasteiger partial charge in [0.15, 0.2) is 0 Å². The van der Waals surface area contributed by atoms with E-state index in [4.69, 9.17) is 14.2 Å². The van der Waals surface area contributed by atoms with Gasteiger partial charge in [0.1, 0.15) is 5.60 Å². The number of hydrogen-bond donors (Lipinski definition) is 1. The zero-order valence-electron chi connectivity index (χ0n) is 13.8. The molecule has 0 aliphatic carbocycles. The normalized spacial score (nSPS) is 22.8. The first-order valence-corrected chi connectivity index (χ1v) is 7.50. The van der Waals surface area contributed by atoms with Crippen molar-refractivity contribution in [3.05, 3.63) is 0 Å². The number of hydrogen-bond acceptors (Lipinski definition) is 5. The van der Waals surface area contributed by atoms with Crippen LogP contribution in [0.1, 0.15) is 34.1 Å². The lowest BCUT2D eigenvalue weighted by Crippen LogP contribution is -2.56. The molecule has 1 amide bonds. The van der Waals surface area contributed by atoms with Gasteiger partial charge < -0.3 is 19.3 Å². The van der Waals surface area contributed by atoms with Crippen molar-refractivity contribution < 1.29 is 24.1 Å². The maximum Gasteiger partial charge on any atom is 0.410 e. The number of rotatable bonds is 5. The molecule has 6 heteroatoms. The highest BCUT2D eigenvalue weighted by Crippen LogP contribution is 2.21. The molecule has 1 saturated heterocycles. The number of carbonyl (C=O) groups is 1. The molecule has 1 fully saturated rings. The van der Waals surface area contributed by atoms with Crippen molar-refractivity contribution in [3.8, 4) is 0 Å². The Labute approximate surface area is 127 Å². The highest BCUT2D eigenvalue weighted by atomic mass is 16.6. The molecule has 1 N–H and O–H groups in total. The van der Waals surface area contributed by atoms with Gasteiger partial charge in [0, 0.05) is 20.3 Å². The van der Waals surface area contributed by atoms with Crippen molar-refractivity contribution in [1.29, 1.82) is 0 Å². The number of morpholine rings is 1. The Morgan fingerprint density at radius 2 is 2.14 bits per heavy atom. The third kappa shape index (κ3) is 5.80. The average Bonchev–Trinajstić information content (AvgIpc) is 2.42. The zero-order valence-corrected chi connectivity index (χ0v) is 13.8. The van der Waals surface area contributed by atoms with E-state index < -0.39 is 17.8 Å². The first kappa shape index (κ1) is 18.2. The quantitative estimate of drug-likeness (QED) is 0.836. The summed E-state index contributed by atoms with van der Waals surface area (Å²) in [6.07, 6.45) is -0.321. The average molecular weight is 303 g/mol. The van der Waals surface area contributed by atoms with Gasteiger partial charge in [-0.25, -0.2) is 4.79 Å². The minimum absolute atomic E-state index is 0.0154. The molecule has 0 saturated carbocycles. The van der Waals surface area contributed by atoms with Crippen LogP contribution >= 0.6 is 0 Å². The molecule has 3 atom stereocenters. The van der Waals surface area contributed by atoms with Crippen LogP contribution in [0.4, 0.5) is 4.79 Å². The Kier molecular flexibility index (Phi) is 6.90. The largest absolute Gasteiger partial charge is 0.444 e. The molecule has 0 aromatic heterocycles. The molecular formula is C15H29NO5. The fourth-order valence-electron chi connectivity index (χ4n) is 2.31. The van der Waals surface area contributed by atoms with Crippen LogP contribution < -0.4 is 0 Å². The van der Waals surface area contributed by atoms with Gasteiger partial charge in [-0.15, -0.1) is 0 Å². The molecule has 21 heavy (non-hydrogen) atoms. The van der Waals surface area contributed by atoms with Crippen molar-refractivity contribution in [2.24, 2.45) is 5.92 Å². The second-order valence-corrected chi connectivity index (χ2v) is 6.57. The van der Waals surface area contributed by atoms with Gasteiger partial charge in [-0.05, 0) is 33.1 Å².